The van der Waals surface area contributed by atoms with Gasteiger partial charge in [-0.25, -0.2) is 0 Å². The Morgan fingerprint density at radius 3 is 2.64 bits per heavy atom. The average molecular weight is 415 g/mol. The molecule has 12 heteroatoms. The molecule has 2 N–H and O–H groups in total. The van der Waals surface area contributed by atoms with E-state index >= 15 is 0 Å². The molecule has 1 atom stereocenters. The zero-order valence-electron chi connectivity index (χ0n) is 16.3. The first-order valence-electron chi connectivity index (χ1n) is 9.05. The lowest BCUT2D eigenvalue weighted by Gasteiger charge is -2.24. The summed E-state index contributed by atoms with van der Waals surface area (Å²) in [5.74, 6) is 0.187. The molecule has 2 aromatic rings. The summed E-state index contributed by atoms with van der Waals surface area (Å²) < 4.78 is 40.5. The lowest BCUT2D eigenvalue weighted by Crippen LogP contribution is -2.19. The van der Waals surface area contributed by atoms with Crippen molar-refractivity contribution in [3.05, 3.63) is 0 Å². The van der Waals surface area contributed by atoms with Crippen LogP contribution in [0.3, 0.4) is 0 Å². The highest BCUT2D eigenvalue weighted by molar-refractivity contribution is 7.53. The van der Waals surface area contributed by atoms with Crippen molar-refractivity contribution in [2.24, 2.45) is 0 Å². The number of fused-ring (bicyclic) bond motifs is 1. The smallest absolute Gasteiger partial charge is 0.330 e. The van der Waals surface area contributed by atoms with E-state index in [9.17, 15) is 4.57 Å². The van der Waals surface area contributed by atoms with Gasteiger partial charge < -0.3 is 29.0 Å². The summed E-state index contributed by atoms with van der Waals surface area (Å²) in [6.45, 7) is 0.892. The van der Waals surface area contributed by atoms with E-state index in [-0.39, 0.29) is 30.8 Å². The second kappa shape index (κ2) is 9.04. The number of aromatic nitrogens is 4. The Hall–Kier alpha value is -1.94. The first-order chi connectivity index (χ1) is 13.5. The number of imidazole rings is 1. The van der Waals surface area contributed by atoms with Gasteiger partial charge >= 0.3 is 19.6 Å². The summed E-state index contributed by atoms with van der Waals surface area (Å²) in [5, 5.41) is 0. The van der Waals surface area contributed by atoms with Crippen LogP contribution in [0.4, 0.5) is 5.82 Å². The molecule has 0 spiro atoms. The highest BCUT2D eigenvalue weighted by Crippen LogP contribution is 2.46. The third-order valence-corrected chi connectivity index (χ3v) is 6.48. The normalized spacial score (nSPS) is 17.8. The van der Waals surface area contributed by atoms with Crippen LogP contribution in [0.2, 0.25) is 0 Å². The second-order valence-corrected chi connectivity index (χ2v) is 8.65. The SMILES string of the molecule is COc1nc2c(N)nc(OCCCP(=O)(OC)OC)nc2n1C1CCCCO1. The lowest BCUT2D eigenvalue weighted by atomic mass is 10.2. The summed E-state index contributed by atoms with van der Waals surface area (Å²) in [6.07, 6.45) is 3.31. The van der Waals surface area contributed by atoms with E-state index in [0.717, 1.165) is 19.3 Å². The Bertz CT molecular complexity index is 846. The maximum atomic E-state index is 12.1. The molecule has 0 saturated carbocycles. The van der Waals surface area contributed by atoms with Crippen LogP contribution in [0.1, 0.15) is 31.9 Å². The van der Waals surface area contributed by atoms with E-state index in [2.05, 4.69) is 15.0 Å². The van der Waals surface area contributed by atoms with Crippen molar-refractivity contribution in [3.63, 3.8) is 0 Å². The summed E-state index contributed by atoms with van der Waals surface area (Å²) in [4.78, 5) is 13.0. The highest BCUT2D eigenvalue weighted by atomic mass is 31.2. The molecule has 0 aromatic carbocycles. The molecule has 0 radical (unpaired) electrons. The van der Waals surface area contributed by atoms with Crippen LogP contribution < -0.4 is 15.2 Å². The number of nitrogens with zero attached hydrogens (tertiary/aromatic N) is 4. The van der Waals surface area contributed by atoms with Crippen LogP contribution in [0, 0.1) is 0 Å². The number of methoxy groups -OCH3 is 1. The third-order valence-electron chi connectivity index (χ3n) is 4.50. The van der Waals surface area contributed by atoms with Crippen molar-refractivity contribution in [2.45, 2.75) is 31.9 Å². The molecule has 156 valence electrons. The zero-order chi connectivity index (χ0) is 20.1. The van der Waals surface area contributed by atoms with Gasteiger partial charge in [0.05, 0.1) is 19.9 Å². The molecule has 0 amide bonds. The van der Waals surface area contributed by atoms with Crippen molar-refractivity contribution in [1.82, 2.24) is 19.5 Å². The van der Waals surface area contributed by atoms with E-state index in [4.69, 9.17) is 29.0 Å². The zero-order valence-corrected chi connectivity index (χ0v) is 17.2. The number of anilines is 1. The molecule has 11 nitrogen and oxygen atoms in total. The van der Waals surface area contributed by atoms with Crippen molar-refractivity contribution >= 4 is 24.6 Å². The Balaban J connectivity index is 1.80. The molecule has 2 aromatic heterocycles. The topological polar surface area (TPSA) is 133 Å². The maximum absolute atomic E-state index is 12.1. The summed E-state index contributed by atoms with van der Waals surface area (Å²) in [7, 11) is 1.17. The van der Waals surface area contributed by atoms with Crippen LogP contribution in [0.5, 0.6) is 12.0 Å². The minimum absolute atomic E-state index is 0.106. The predicted octanol–water partition coefficient (Wildman–Crippen LogP) is 2.37. The van der Waals surface area contributed by atoms with Gasteiger partial charge in [0, 0.05) is 20.8 Å². The summed E-state index contributed by atoms with van der Waals surface area (Å²) >= 11 is 0. The van der Waals surface area contributed by atoms with E-state index in [1.54, 1.807) is 4.57 Å². The van der Waals surface area contributed by atoms with Crippen molar-refractivity contribution < 1.29 is 27.8 Å². The number of rotatable bonds is 9. The minimum atomic E-state index is -3.07. The number of hydrogen-bond acceptors (Lipinski definition) is 10. The summed E-state index contributed by atoms with van der Waals surface area (Å²) in [5.41, 5.74) is 6.98. The first-order valence-corrected chi connectivity index (χ1v) is 10.8. The van der Waals surface area contributed by atoms with Crippen LogP contribution in [0.15, 0.2) is 0 Å². The molecule has 1 unspecified atom stereocenters. The molecular weight excluding hydrogens is 389 g/mol. The molecule has 3 rings (SSSR count). The van der Waals surface area contributed by atoms with Crippen molar-refractivity contribution in [1.29, 1.82) is 0 Å². The molecule has 3 heterocycles. The Labute approximate surface area is 163 Å². The molecule has 1 aliphatic rings. The molecule has 0 bridgehead atoms. The van der Waals surface area contributed by atoms with Gasteiger partial charge in [0.2, 0.25) is 0 Å². The molecule has 1 aliphatic heterocycles. The van der Waals surface area contributed by atoms with Crippen molar-refractivity contribution in [2.75, 3.05) is 46.4 Å². The van der Waals surface area contributed by atoms with Gasteiger partial charge in [0.1, 0.15) is 6.23 Å². The van der Waals surface area contributed by atoms with Gasteiger partial charge in [-0.15, -0.1) is 0 Å². The van der Waals surface area contributed by atoms with Crippen LogP contribution in [-0.4, -0.2) is 60.2 Å². The monoisotopic (exact) mass is 415 g/mol. The molecule has 1 saturated heterocycles. The van der Waals surface area contributed by atoms with Gasteiger partial charge in [0.15, 0.2) is 17.0 Å². The van der Waals surface area contributed by atoms with Gasteiger partial charge in [-0.1, -0.05) is 0 Å². The molecular formula is C16H26N5O6P. The molecule has 1 fully saturated rings. The van der Waals surface area contributed by atoms with Crippen molar-refractivity contribution in [3.8, 4) is 12.0 Å². The predicted molar refractivity (Wildman–Crippen MR) is 102 cm³/mol. The largest absolute Gasteiger partial charge is 0.468 e. The standard InChI is InChI=1S/C16H26N5O6P/c1-23-16-18-12-13(17)19-15(27-9-6-10-28(22,24-2)25-3)20-14(12)21(16)11-7-4-5-8-26-11/h11H,4-10H2,1-3H3,(H2,17,19,20). The van der Waals surface area contributed by atoms with Crippen LogP contribution in [-0.2, 0) is 18.3 Å². The quantitative estimate of drug-likeness (QED) is 0.480. The molecule has 0 aliphatic carbocycles. The first kappa shape index (κ1) is 20.8. The number of hydrogen-bond donors (Lipinski definition) is 1. The number of nitrogen functional groups attached to an aromatic ring is 1. The summed E-state index contributed by atoms with van der Waals surface area (Å²) in [6, 6.07) is 0.468. The van der Waals surface area contributed by atoms with Crippen LogP contribution >= 0.6 is 7.60 Å². The fourth-order valence-corrected chi connectivity index (χ4v) is 4.06. The van der Waals surface area contributed by atoms with Gasteiger partial charge in [-0.05, 0) is 25.7 Å². The van der Waals surface area contributed by atoms with E-state index < -0.39 is 7.60 Å². The number of ether oxygens (including phenoxy) is 3. The fourth-order valence-electron chi connectivity index (χ4n) is 3.03. The fraction of sp³-hybridized carbons (Fsp3) is 0.688. The second-order valence-electron chi connectivity index (χ2n) is 6.26. The van der Waals surface area contributed by atoms with Gasteiger partial charge in [-0.3, -0.25) is 9.13 Å². The third kappa shape index (κ3) is 4.38. The Kier molecular flexibility index (Phi) is 6.71. The van der Waals surface area contributed by atoms with E-state index in [1.807, 2.05) is 0 Å². The molecule has 28 heavy (non-hydrogen) atoms. The van der Waals surface area contributed by atoms with Gasteiger partial charge in [0.25, 0.3) is 0 Å². The van der Waals surface area contributed by atoms with Gasteiger partial charge in [-0.2, -0.15) is 15.0 Å². The average Bonchev–Trinajstić information content (AvgIpc) is 3.11. The number of nitrogens with two attached hydrogens (primary N) is 1. The van der Waals surface area contributed by atoms with Crippen LogP contribution in [0.25, 0.3) is 11.2 Å². The highest BCUT2D eigenvalue weighted by Gasteiger charge is 2.26. The van der Waals surface area contributed by atoms with E-state index in [0.29, 0.717) is 30.2 Å². The van der Waals surface area contributed by atoms with E-state index in [1.165, 1.54) is 21.3 Å². The Morgan fingerprint density at radius 2 is 2.00 bits per heavy atom. The Morgan fingerprint density at radius 1 is 1.21 bits per heavy atom. The lowest BCUT2D eigenvalue weighted by molar-refractivity contribution is -0.0334. The minimum Gasteiger partial charge on any atom is -0.468 e. The maximum Gasteiger partial charge on any atom is 0.330 e.